The molecule has 0 radical (unpaired) electrons. The van der Waals surface area contributed by atoms with Crippen LogP contribution in [0.4, 0.5) is 5.69 Å². The first kappa shape index (κ1) is 13.0. The average Bonchev–Trinajstić information content (AvgIpc) is 2.83. The lowest BCUT2D eigenvalue weighted by molar-refractivity contribution is -0.111. The maximum atomic E-state index is 11.7. The number of hydrogen-bond donors (Lipinski definition) is 2. The van der Waals surface area contributed by atoms with Crippen LogP contribution in [-0.4, -0.2) is 20.8 Å². The summed E-state index contributed by atoms with van der Waals surface area (Å²) in [6.45, 7) is -0.00483. The molecule has 0 aliphatic carbocycles. The molecule has 0 saturated carbocycles. The summed E-state index contributed by atoms with van der Waals surface area (Å²) in [5, 5.41) is 15.7. The monoisotopic (exact) mass is 257 g/mol. The van der Waals surface area contributed by atoms with Gasteiger partial charge in [0.2, 0.25) is 5.91 Å². The maximum Gasteiger partial charge on any atom is 0.248 e. The van der Waals surface area contributed by atoms with Crippen molar-refractivity contribution >= 4 is 17.7 Å². The van der Waals surface area contributed by atoms with Crippen molar-refractivity contribution in [2.75, 3.05) is 5.32 Å². The van der Waals surface area contributed by atoms with Crippen LogP contribution in [0.1, 0.15) is 11.1 Å². The number of aromatic nitrogens is 2. The normalized spacial score (nSPS) is 10.8. The maximum absolute atomic E-state index is 11.7. The summed E-state index contributed by atoms with van der Waals surface area (Å²) in [6, 6.07) is 7.03. The lowest BCUT2D eigenvalue weighted by Crippen LogP contribution is -2.07. The zero-order chi connectivity index (χ0) is 13.7. The molecule has 0 bridgehead atoms. The van der Waals surface area contributed by atoms with Crippen LogP contribution in [0.3, 0.4) is 0 Å². The number of amides is 1. The standard InChI is InChI=1S/C14H15N3O2/c1-17-9-12(8-15-17)4-7-14(19)16-13-5-2-11(10-18)3-6-13/h2-9,18H,10H2,1H3,(H,16,19). The first-order chi connectivity index (χ1) is 9.17. The third-order valence-corrected chi connectivity index (χ3v) is 2.56. The minimum Gasteiger partial charge on any atom is -0.392 e. The molecule has 0 aliphatic rings. The highest BCUT2D eigenvalue weighted by atomic mass is 16.3. The van der Waals surface area contributed by atoms with Crippen LogP contribution in [-0.2, 0) is 18.4 Å². The molecule has 2 rings (SSSR count). The number of carbonyl (C=O) groups excluding carboxylic acids is 1. The number of benzene rings is 1. The van der Waals surface area contributed by atoms with Crippen molar-refractivity contribution in [1.29, 1.82) is 0 Å². The Morgan fingerprint density at radius 2 is 2.16 bits per heavy atom. The Hall–Kier alpha value is -2.40. The quantitative estimate of drug-likeness (QED) is 0.817. The van der Waals surface area contributed by atoms with Crippen LogP contribution in [0.25, 0.3) is 6.08 Å². The van der Waals surface area contributed by atoms with Gasteiger partial charge in [0.15, 0.2) is 0 Å². The third-order valence-electron chi connectivity index (χ3n) is 2.56. The molecule has 2 aromatic rings. The number of nitrogens with one attached hydrogen (secondary N) is 1. The highest BCUT2D eigenvalue weighted by molar-refractivity contribution is 6.01. The Balaban J connectivity index is 1.95. The van der Waals surface area contributed by atoms with Gasteiger partial charge >= 0.3 is 0 Å². The molecule has 0 saturated heterocycles. The second-order valence-corrected chi connectivity index (χ2v) is 4.12. The number of nitrogens with zero attached hydrogens (tertiary/aromatic N) is 2. The fraction of sp³-hybridized carbons (Fsp3) is 0.143. The predicted molar refractivity (Wildman–Crippen MR) is 73.2 cm³/mol. The Kier molecular flexibility index (Phi) is 4.10. The first-order valence-electron chi connectivity index (χ1n) is 5.85. The highest BCUT2D eigenvalue weighted by Gasteiger charge is 1.98. The van der Waals surface area contributed by atoms with E-state index in [-0.39, 0.29) is 12.5 Å². The van der Waals surface area contributed by atoms with Crippen LogP contribution in [0.15, 0.2) is 42.7 Å². The summed E-state index contributed by atoms with van der Waals surface area (Å²) in [5.74, 6) is -0.208. The summed E-state index contributed by atoms with van der Waals surface area (Å²) in [6.07, 6.45) is 6.65. The summed E-state index contributed by atoms with van der Waals surface area (Å²) >= 11 is 0. The van der Waals surface area contributed by atoms with Gasteiger partial charge in [0.25, 0.3) is 0 Å². The zero-order valence-electron chi connectivity index (χ0n) is 10.6. The van der Waals surface area contributed by atoms with Crippen LogP contribution in [0.5, 0.6) is 0 Å². The lowest BCUT2D eigenvalue weighted by atomic mass is 10.2. The molecule has 0 fully saturated rings. The molecule has 19 heavy (non-hydrogen) atoms. The van der Waals surface area contributed by atoms with E-state index in [4.69, 9.17) is 5.11 Å². The Labute approximate surface area is 111 Å². The lowest BCUT2D eigenvalue weighted by Gasteiger charge is -2.02. The van der Waals surface area contributed by atoms with E-state index >= 15 is 0 Å². The molecular formula is C14H15N3O2. The van der Waals surface area contributed by atoms with Crippen molar-refractivity contribution in [2.45, 2.75) is 6.61 Å². The largest absolute Gasteiger partial charge is 0.392 e. The van der Waals surface area contributed by atoms with E-state index in [1.807, 2.05) is 13.2 Å². The molecule has 1 aromatic carbocycles. The molecule has 1 aromatic heterocycles. The fourth-order valence-electron chi connectivity index (χ4n) is 1.58. The van der Waals surface area contributed by atoms with Crippen molar-refractivity contribution in [3.8, 4) is 0 Å². The van der Waals surface area contributed by atoms with E-state index in [9.17, 15) is 4.79 Å². The van der Waals surface area contributed by atoms with E-state index < -0.39 is 0 Å². The molecule has 0 unspecified atom stereocenters. The van der Waals surface area contributed by atoms with Crippen molar-refractivity contribution in [1.82, 2.24) is 9.78 Å². The number of carbonyl (C=O) groups is 1. The zero-order valence-corrected chi connectivity index (χ0v) is 10.6. The van der Waals surface area contributed by atoms with Gasteiger partial charge in [-0.2, -0.15) is 5.10 Å². The number of aliphatic hydroxyl groups excluding tert-OH is 1. The number of anilines is 1. The van der Waals surface area contributed by atoms with E-state index in [0.717, 1.165) is 11.1 Å². The van der Waals surface area contributed by atoms with Gasteiger partial charge in [0.05, 0.1) is 12.8 Å². The Morgan fingerprint density at radius 1 is 1.42 bits per heavy atom. The van der Waals surface area contributed by atoms with E-state index in [0.29, 0.717) is 5.69 Å². The molecule has 1 heterocycles. The topological polar surface area (TPSA) is 67.2 Å². The van der Waals surface area contributed by atoms with Crippen molar-refractivity contribution in [3.63, 3.8) is 0 Å². The van der Waals surface area contributed by atoms with Gasteiger partial charge in [0, 0.05) is 30.6 Å². The first-order valence-corrected chi connectivity index (χ1v) is 5.85. The summed E-state index contributed by atoms with van der Waals surface area (Å²) in [4.78, 5) is 11.7. The molecule has 0 spiro atoms. The molecule has 0 atom stereocenters. The predicted octanol–water partition coefficient (Wildman–Crippen LogP) is 1.56. The van der Waals surface area contributed by atoms with Gasteiger partial charge in [-0.1, -0.05) is 12.1 Å². The summed E-state index contributed by atoms with van der Waals surface area (Å²) < 4.78 is 1.67. The van der Waals surface area contributed by atoms with Gasteiger partial charge in [-0.05, 0) is 23.8 Å². The van der Waals surface area contributed by atoms with Crippen LogP contribution < -0.4 is 5.32 Å². The Bertz CT molecular complexity index is 585. The van der Waals surface area contributed by atoms with Crippen LogP contribution in [0, 0.1) is 0 Å². The molecule has 5 heteroatoms. The third kappa shape index (κ3) is 3.79. The van der Waals surface area contributed by atoms with Crippen molar-refractivity contribution in [2.24, 2.45) is 7.05 Å². The van der Waals surface area contributed by atoms with Gasteiger partial charge in [-0.15, -0.1) is 0 Å². The molecule has 0 aliphatic heterocycles. The molecule has 5 nitrogen and oxygen atoms in total. The molecule has 2 N–H and O–H groups in total. The summed E-state index contributed by atoms with van der Waals surface area (Å²) in [7, 11) is 1.82. The molecular weight excluding hydrogens is 242 g/mol. The van der Waals surface area contributed by atoms with Crippen LogP contribution in [0.2, 0.25) is 0 Å². The molecule has 1 amide bonds. The SMILES string of the molecule is Cn1cc(C=CC(=O)Nc2ccc(CO)cc2)cn1. The van der Waals surface area contributed by atoms with Crippen molar-refractivity contribution in [3.05, 3.63) is 53.9 Å². The summed E-state index contributed by atoms with van der Waals surface area (Å²) in [5.41, 5.74) is 2.37. The van der Waals surface area contributed by atoms with E-state index in [1.165, 1.54) is 6.08 Å². The van der Waals surface area contributed by atoms with Gasteiger partial charge in [0.1, 0.15) is 0 Å². The second kappa shape index (κ2) is 5.97. The number of aliphatic hydroxyl groups is 1. The van der Waals surface area contributed by atoms with Gasteiger partial charge in [-0.3, -0.25) is 9.48 Å². The minimum atomic E-state index is -0.208. The van der Waals surface area contributed by atoms with Gasteiger partial charge < -0.3 is 10.4 Å². The van der Waals surface area contributed by atoms with Gasteiger partial charge in [-0.25, -0.2) is 0 Å². The molecule has 98 valence electrons. The second-order valence-electron chi connectivity index (χ2n) is 4.12. The van der Waals surface area contributed by atoms with Crippen molar-refractivity contribution < 1.29 is 9.90 Å². The number of aryl methyl sites for hydroxylation is 1. The number of rotatable bonds is 4. The van der Waals surface area contributed by atoms with Crippen LogP contribution >= 0.6 is 0 Å². The fourth-order valence-corrected chi connectivity index (χ4v) is 1.58. The van der Waals surface area contributed by atoms with E-state index in [1.54, 1.807) is 41.2 Å². The smallest absolute Gasteiger partial charge is 0.248 e. The Morgan fingerprint density at radius 3 is 2.74 bits per heavy atom. The number of hydrogen-bond acceptors (Lipinski definition) is 3. The van der Waals surface area contributed by atoms with E-state index in [2.05, 4.69) is 10.4 Å². The minimum absolute atomic E-state index is 0.00483. The average molecular weight is 257 g/mol. The highest BCUT2D eigenvalue weighted by Crippen LogP contribution is 2.09.